The molecule has 0 spiro atoms. The number of hydrogen-bond acceptors (Lipinski definition) is 3. The Labute approximate surface area is 126 Å². The van der Waals surface area contributed by atoms with E-state index in [9.17, 15) is 0 Å². The average molecular weight is 284 g/mol. The molecule has 0 aliphatic rings. The predicted octanol–water partition coefficient (Wildman–Crippen LogP) is 4.33. The molecule has 3 N–H and O–H groups in total. The maximum atomic E-state index is 5.63. The molecule has 0 fully saturated rings. The van der Waals surface area contributed by atoms with Gasteiger partial charge in [-0.1, -0.05) is 58.3 Å². The van der Waals surface area contributed by atoms with Crippen molar-refractivity contribution in [3.63, 3.8) is 0 Å². The highest BCUT2D eigenvalue weighted by molar-refractivity contribution is 4.89. The highest BCUT2D eigenvalue weighted by Gasteiger charge is 1.93. The van der Waals surface area contributed by atoms with Crippen molar-refractivity contribution in [1.29, 1.82) is 0 Å². The number of allylic oxidation sites excluding steroid dienone is 1. The lowest BCUT2D eigenvalue weighted by atomic mass is 10.1. The summed E-state index contributed by atoms with van der Waals surface area (Å²) in [7, 11) is 0. The number of hydrogen-bond donors (Lipinski definition) is 2. The zero-order chi connectivity index (χ0) is 14.9. The summed E-state index contributed by atoms with van der Waals surface area (Å²) in [6, 6.07) is 0. The molecule has 20 heavy (non-hydrogen) atoms. The first kappa shape index (κ1) is 19.3. The van der Waals surface area contributed by atoms with Crippen LogP contribution in [0.5, 0.6) is 0 Å². The number of ether oxygens (including phenoxy) is 1. The van der Waals surface area contributed by atoms with Crippen LogP contribution in [0.4, 0.5) is 0 Å². The molecular weight excluding hydrogens is 248 g/mol. The Kier molecular flexibility index (Phi) is 15.8. The fourth-order valence-electron chi connectivity index (χ4n) is 2.13. The van der Waals surface area contributed by atoms with Gasteiger partial charge in [0.2, 0.25) is 0 Å². The highest BCUT2D eigenvalue weighted by Crippen LogP contribution is 2.09. The fraction of sp³-hybridized carbons (Fsp3) is 0.882. The summed E-state index contributed by atoms with van der Waals surface area (Å²) in [4.78, 5) is 0. The Morgan fingerprint density at radius 3 is 2.05 bits per heavy atom. The molecule has 120 valence electrons. The Morgan fingerprint density at radius 2 is 1.45 bits per heavy atom. The summed E-state index contributed by atoms with van der Waals surface area (Å²) in [5.74, 6) is 0.754. The second-order valence-corrected chi connectivity index (χ2v) is 5.47. The molecule has 0 aromatic rings. The van der Waals surface area contributed by atoms with E-state index in [1.54, 1.807) is 0 Å². The highest BCUT2D eigenvalue weighted by atomic mass is 16.5. The smallest absolute Gasteiger partial charge is 0.0916 e. The molecule has 3 heteroatoms. The third-order valence-corrected chi connectivity index (χ3v) is 3.50. The molecule has 0 atom stereocenters. The molecule has 0 aliphatic carbocycles. The van der Waals surface area contributed by atoms with Crippen LogP contribution in [0, 0.1) is 0 Å². The molecule has 0 bridgehead atoms. The molecular formula is C17H36N2O. The van der Waals surface area contributed by atoms with Gasteiger partial charge < -0.3 is 15.8 Å². The Balaban J connectivity index is 2.99. The lowest BCUT2D eigenvalue weighted by Gasteiger charge is -2.07. The standard InChI is InChI=1S/C17H36N2O/c1-3-5-6-7-8-9-10-11-12-15-20-16-13-14-19-17(18)4-2/h4,19H,3,5-16,18H2,1-2H3. The van der Waals surface area contributed by atoms with Crippen molar-refractivity contribution < 1.29 is 4.74 Å². The van der Waals surface area contributed by atoms with Crippen molar-refractivity contribution in [2.45, 2.75) is 78.1 Å². The molecule has 0 amide bonds. The van der Waals surface area contributed by atoms with E-state index in [4.69, 9.17) is 10.5 Å². The van der Waals surface area contributed by atoms with Crippen LogP contribution in [-0.4, -0.2) is 19.8 Å². The van der Waals surface area contributed by atoms with Gasteiger partial charge in [-0.2, -0.15) is 0 Å². The number of nitrogens with two attached hydrogens (primary N) is 1. The number of rotatable bonds is 15. The fourth-order valence-corrected chi connectivity index (χ4v) is 2.13. The summed E-state index contributed by atoms with van der Waals surface area (Å²) in [5.41, 5.74) is 5.63. The van der Waals surface area contributed by atoms with Gasteiger partial charge in [-0.05, 0) is 25.8 Å². The lowest BCUT2D eigenvalue weighted by molar-refractivity contribution is 0.128. The molecule has 0 aromatic carbocycles. The van der Waals surface area contributed by atoms with Gasteiger partial charge in [0.25, 0.3) is 0 Å². The Morgan fingerprint density at radius 1 is 0.900 bits per heavy atom. The predicted molar refractivity (Wildman–Crippen MR) is 88.6 cm³/mol. The van der Waals surface area contributed by atoms with Crippen molar-refractivity contribution in [2.24, 2.45) is 5.73 Å². The number of unbranched alkanes of at least 4 members (excludes halogenated alkanes) is 8. The van der Waals surface area contributed by atoms with Crippen molar-refractivity contribution in [2.75, 3.05) is 19.8 Å². The Hall–Kier alpha value is -0.700. The van der Waals surface area contributed by atoms with Gasteiger partial charge in [0.15, 0.2) is 0 Å². The monoisotopic (exact) mass is 284 g/mol. The second-order valence-electron chi connectivity index (χ2n) is 5.47. The third kappa shape index (κ3) is 15.4. The zero-order valence-corrected chi connectivity index (χ0v) is 13.8. The maximum Gasteiger partial charge on any atom is 0.0916 e. The summed E-state index contributed by atoms with van der Waals surface area (Å²) in [6.07, 6.45) is 15.2. The quantitative estimate of drug-likeness (QED) is 0.440. The van der Waals surface area contributed by atoms with Gasteiger partial charge in [-0.15, -0.1) is 0 Å². The molecule has 0 aromatic heterocycles. The van der Waals surface area contributed by atoms with Gasteiger partial charge in [-0.3, -0.25) is 0 Å². The Bertz CT molecular complexity index is 217. The topological polar surface area (TPSA) is 47.3 Å². The van der Waals surface area contributed by atoms with Crippen LogP contribution in [0.3, 0.4) is 0 Å². The van der Waals surface area contributed by atoms with E-state index in [1.165, 1.54) is 57.8 Å². The van der Waals surface area contributed by atoms with Crippen molar-refractivity contribution >= 4 is 0 Å². The lowest BCUT2D eigenvalue weighted by Crippen LogP contribution is -2.21. The maximum absolute atomic E-state index is 5.63. The van der Waals surface area contributed by atoms with Gasteiger partial charge in [-0.25, -0.2) is 0 Å². The van der Waals surface area contributed by atoms with Crippen LogP contribution in [0.1, 0.15) is 78.1 Å². The first-order valence-electron chi connectivity index (χ1n) is 8.54. The van der Waals surface area contributed by atoms with Crippen LogP contribution in [0.15, 0.2) is 11.9 Å². The molecule has 0 heterocycles. The molecule has 0 saturated heterocycles. The SMILES string of the molecule is CC=C(N)NCCCOCCCCCCCCCCC. The minimum atomic E-state index is 0.754. The van der Waals surface area contributed by atoms with Gasteiger partial charge in [0.05, 0.1) is 5.82 Å². The normalized spacial score (nSPS) is 11.8. The van der Waals surface area contributed by atoms with Crippen LogP contribution < -0.4 is 11.1 Å². The first-order valence-corrected chi connectivity index (χ1v) is 8.54. The van der Waals surface area contributed by atoms with Crippen LogP contribution in [0.2, 0.25) is 0 Å². The molecule has 3 nitrogen and oxygen atoms in total. The van der Waals surface area contributed by atoms with Gasteiger partial charge in [0, 0.05) is 19.8 Å². The molecule has 0 rings (SSSR count). The van der Waals surface area contributed by atoms with Gasteiger partial charge in [0.1, 0.15) is 0 Å². The van der Waals surface area contributed by atoms with E-state index in [0.29, 0.717) is 0 Å². The summed E-state index contributed by atoms with van der Waals surface area (Å²) >= 11 is 0. The molecule has 0 unspecified atom stereocenters. The molecule has 0 saturated carbocycles. The van der Waals surface area contributed by atoms with Crippen molar-refractivity contribution in [3.05, 3.63) is 11.9 Å². The summed E-state index contributed by atoms with van der Waals surface area (Å²) in [6.45, 7) is 6.85. The number of nitrogens with one attached hydrogen (secondary N) is 1. The van der Waals surface area contributed by atoms with E-state index < -0.39 is 0 Å². The van der Waals surface area contributed by atoms with Crippen LogP contribution in [0.25, 0.3) is 0 Å². The molecule has 0 aliphatic heterocycles. The molecule has 0 radical (unpaired) electrons. The average Bonchev–Trinajstić information content (AvgIpc) is 2.47. The van der Waals surface area contributed by atoms with Crippen molar-refractivity contribution in [1.82, 2.24) is 5.32 Å². The first-order chi connectivity index (χ1) is 9.81. The second kappa shape index (κ2) is 16.4. The minimum absolute atomic E-state index is 0.754. The summed E-state index contributed by atoms with van der Waals surface area (Å²) in [5, 5.41) is 3.13. The van der Waals surface area contributed by atoms with Crippen LogP contribution >= 0.6 is 0 Å². The largest absolute Gasteiger partial charge is 0.386 e. The summed E-state index contributed by atoms with van der Waals surface area (Å²) < 4.78 is 5.61. The zero-order valence-electron chi connectivity index (χ0n) is 13.8. The minimum Gasteiger partial charge on any atom is -0.386 e. The van der Waals surface area contributed by atoms with E-state index in [-0.39, 0.29) is 0 Å². The van der Waals surface area contributed by atoms with E-state index in [2.05, 4.69) is 12.2 Å². The van der Waals surface area contributed by atoms with Crippen LogP contribution in [-0.2, 0) is 4.74 Å². The van der Waals surface area contributed by atoms with E-state index in [0.717, 1.165) is 32.0 Å². The van der Waals surface area contributed by atoms with E-state index >= 15 is 0 Å². The van der Waals surface area contributed by atoms with E-state index in [1.807, 2.05) is 13.0 Å². The van der Waals surface area contributed by atoms with Crippen molar-refractivity contribution in [3.8, 4) is 0 Å². The van der Waals surface area contributed by atoms with Gasteiger partial charge >= 0.3 is 0 Å². The third-order valence-electron chi connectivity index (χ3n) is 3.50.